The van der Waals surface area contributed by atoms with Gasteiger partial charge in [0.2, 0.25) is 11.8 Å². The zero-order valence-electron chi connectivity index (χ0n) is 14.3. The zero-order valence-corrected chi connectivity index (χ0v) is 14.3. The van der Waals surface area contributed by atoms with E-state index in [1.54, 1.807) is 6.92 Å². The number of nitrogens with one attached hydrogen (secondary N) is 2. The van der Waals surface area contributed by atoms with Crippen molar-refractivity contribution in [1.82, 2.24) is 10.6 Å². The van der Waals surface area contributed by atoms with Gasteiger partial charge in [0.05, 0.1) is 12.6 Å². The minimum absolute atomic E-state index is 0.0229. The SMILES string of the molecule is CC(O)CC(C)(C)CNC(=O)CNC(=O)CC1CCCCC1. The van der Waals surface area contributed by atoms with Crippen LogP contribution in [0, 0.1) is 11.3 Å². The molecule has 1 rings (SSSR count). The third kappa shape index (κ3) is 8.37. The van der Waals surface area contributed by atoms with Crippen molar-refractivity contribution in [3.63, 3.8) is 0 Å². The molecule has 0 heterocycles. The van der Waals surface area contributed by atoms with Gasteiger partial charge in [0.15, 0.2) is 0 Å². The molecule has 0 aromatic carbocycles. The second kappa shape index (κ2) is 9.13. The normalized spacial score (nSPS) is 17.8. The van der Waals surface area contributed by atoms with Crippen molar-refractivity contribution >= 4 is 11.8 Å². The first-order valence-corrected chi connectivity index (χ1v) is 8.50. The highest BCUT2D eigenvalue weighted by molar-refractivity contribution is 5.84. The number of hydrogen-bond donors (Lipinski definition) is 3. The molecule has 5 nitrogen and oxygen atoms in total. The Balaban J connectivity index is 2.17. The topological polar surface area (TPSA) is 78.4 Å². The largest absolute Gasteiger partial charge is 0.393 e. The summed E-state index contributed by atoms with van der Waals surface area (Å²) in [6, 6.07) is 0. The lowest BCUT2D eigenvalue weighted by Gasteiger charge is -2.26. The molecule has 5 heteroatoms. The Labute approximate surface area is 134 Å². The van der Waals surface area contributed by atoms with Gasteiger partial charge in [-0.3, -0.25) is 9.59 Å². The molecule has 0 saturated heterocycles. The number of hydrogen-bond acceptors (Lipinski definition) is 3. The predicted molar refractivity (Wildman–Crippen MR) is 87.3 cm³/mol. The lowest BCUT2D eigenvalue weighted by molar-refractivity contribution is -0.127. The van der Waals surface area contributed by atoms with Gasteiger partial charge in [0.25, 0.3) is 0 Å². The second-order valence-electron chi connectivity index (χ2n) is 7.48. The molecule has 1 atom stereocenters. The van der Waals surface area contributed by atoms with Crippen LogP contribution in [0.5, 0.6) is 0 Å². The summed E-state index contributed by atoms with van der Waals surface area (Å²) in [7, 11) is 0. The summed E-state index contributed by atoms with van der Waals surface area (Å²) in [5, 5.41) is 14.9. The van der Waals surface area contributed by atoms with Gasteiger partial charge in [0, 0.05) is 13.0 Å². The van der Waals surface area contributed by atoms with Crippen LogP contribution in [0.25, 0.3) is 0 Å². The molecule has 1 aliphatic rings. The Hall–Kier alpha value is -1.10. The van der Waals surface area contributed by atoms with E-state index in [4.69, 9.17) is 0 Å². The third-order valence-electron chi connectivity index (χ3n) is 4.26. The molecule has 1 unspecified atom stereocenters. The van der Waals surface area contributed by atoms with E-state index in [9.17, 15) is 14.7 Å². The maximum Gasteiger partial charge on any atom is 0.239 e. The van der Waals surface area contributed by atoms with E-state index >= 15 is 0 Å². The number of aliphatic hydroxyl groups is 1. The maximum atomic E-state index is 11.8. The fourth-order valence-electron chi connectivity index (χ4n) is 3.18. The van der Waals surface area contributed by atoms with Crippen LogP contribution in [0.3, 0.4) is 0 Å². The van der Waals surface area contributed by atoms with E-state index in [-0.39, 0.29) is 29.9 Å². The van der Waals surface area contributed by atoms with E-state index in [2.05, 4.69) is 10.6 Å². The molecule has 2 amide bonds. The van der Waals surface area contributed by atoms with Gasteiger partial charge in [-0.25, -0.2) is 0 Å². The number of amides is 2. The molecule has 3 N–H and O–H groups in total. The Morgan fingerprint density at radius 3 is 2.36 bits per heavy atom. The van der Waals surface area contributed by atoms with Crippen LogP contribution >= 0.6 is 0 Å². The van der Waals surface area contributed by atoms with Gasteiger partial charge in [-0.05, 0) is 37.5 Å². The molecule has 1 fully saturated rings. The van der Waals surface area contributed by atoms with E-state index in [1.165, 1.54) is 19.3 Å². The molecular weight excluding hydrogens is 280 g/mol. The molecule has 0 aromatic heterocycles. The van der Waals surface area contributed by atoms with Gasteiger partial charge in [-0.2, -0.15) is 0 Å². The Bertz CT molecular complexity index is 361. The van der Waals surface area contributed by atoms with Crippen molar-refractivity contribution in [3.05, 3.63) is 0 Å². The number of carbonyl (C=O) groups excluding carboxylic acids is 2. The number of carbonyl (C=O) groups is 2. The summed E-state index contributed by atoms with van der Waals surface area (Å²) >= 11 is 0. The van der Waals surface area contributed by atoms with Crippen LogP contribution in [0.4, 0.5) is 0 Å². The van der Waals surface area contributed by atoms with Crippen molar-refractivity contribution in [2.75, 3.05) is 13.1 Å². The Morgan fingerprint density at radius 2 is 1.77 bits per heavy atom. The number of rotatable bonds is 8. The average Bonchev–Trinajstić information content (AvgIpc) is 2.43. The third-order valence-corrected chi connectivity index (χ3v) is 4.26. The summed E-state index contributed by atoms with van der Waals surface area (Å²) in [4.78, 5) is 23.6. The van der Waals surface area contributed by atoms with Crippen LogP contribution in [0.2, 0.25) is 0 Å². The van der Waals surface area contributed by atoms with Crippen LogP contribution in [-0.2, 0) is 9.59 Å². The van der Waals surface area contributed by atoms with E-state index < -0.39 is 0 Å². The molecule has 0 aliphatic heterocycles. The van der Waals surface area contributed by atoms with Gasteiger partial charge in [-0.1, -0.05) is 33.1 Å². The Morgan fingerprint density at radius 1 is 1.14 bits per heavy atom. The monoisotopic (exact) mass is 312 g/mol. The lowest BCUT2D eigenvalue weighted by atomic mass is 9.87. The minimum Gasteiger partial charge on any atom is -0.393 e. The van der Waals surface area contributed by atoms with Crippen molar-refractivity contribution in [2.45, 2.75) is 71.8 Å². The van der Waals surface area contributed by atoms with E-state index in [1.807, 2.05) is 13.8 Å². The smallest absolute Gasteiger partial charge is 0.239 e. The van der Waals surface area contributed by atoms with Crippen molar-refractivity contribution < 1.29 is 14.7 Å². The molecule has 0 aromatic rings. The predicted octanol–water partition coefficient (Wildman–Crippen LogP) is 1.99. The van der Waals surface area contributed by atoms with Gasteiger partial charge >= 0.3 is 0 Å². The van der Waals surface area contributed by atoms with Gasteiger partial charge < -0.3 is 15.7 Å². The summed E-state index contributed by atoms with van der Waals surface area (Å²) in [6.45, 7) is 6.28. The number of aliphatic hydroxyl groups excluding tert-OH is 1. The van der Waals surface area contributed by atoms with Crippen molar-refractivity contribution in [1.29, 1.82) is 0 Å². The first-order valence-electron chi connectivity index (χ1n) is 8.50. The zero-order chi connectivity index (χ0) is 16.6. The van der Waals surface area contributed by atoms with E-state index in [0.29, 0.717) is 25.3 Å². The summed E-state index contributed by atoms with van der Waals surface area (Å²) in [5.41, 5.74) is -0.157. The first kappa shape index (κ1) is 18.9. The molecule has 22 heavy (non-hydrogen) atoms. The summed E-state index contributed by atoms with van der Waals surface area (Å²) in [5.74, 6) is 0.294. The minimum atomic E-state index is -0.387. The summed E-state index contributed by atoms with van der Waals surface area (Å²) in [6.07, 6.45) is 6.76. The van der Waals surface area contributed by atoms with Gasteiger partial charge in [0.1, 0.15) is 0 Å². The fraction of sp³-hybridized carbons (Fsp3) is 0.882. The molecule has 128 valence electrons. The van der Waals surface area contributed by atoms with Crippen LogP contribution in [0.15, 0.2) is 0 Å². The molecule has 1 aliphatic carbocycles. The van der Waals surface area contributed by atoms with Gasteiger partial charge in [-0.15, -0.1) is 0 Å². The fourth-order valence-corrected chi connectivity index (χ4v) is 3.18. The first-order chi connectivity index (χ1) is 10.3. The molecule has 1 saturated carbocycles. The highest BCUT2D eigenvalue weighted by atomic mass is 16.3. The van der Waals surface area contributed by atoms with Crippen LogP contribution in [-0.4, -0.2) is 36.1 Å². The molecule has 0 bridgehead atoms. The standard InChI is InChI=1S/C17H32N2O3/c1-13(20)10-17(2,3)12-19-16(22)11-18-15(21)9-14-7-5-4-6-8-14/h13-14,20H,4-12H2,1-3H3,(H,18,21)(H,19,22). The van der Waals surface area contributed by atoms with Crippen molar-refractivity contribution in [2.24, 2.45) is 11.3 Å². The lowest BCUT2D eigenvalue weighted by Crippen LogP contribution is -2.41. The molecular formula is C17H32N2O3. The average molecular weight is 312 g/mol. The molecule has 0 radical (unpaired) electrons. The summed E-state index contributed by atoms with van der Waals surface area (Å²) < 4.78 is 0. The van der Waals surface area contributed by atoms with Crippen molar-refractivity contribution in [3.8, 4) is 0 Å². The maximum absolute atomic E-state index is 11.8. The van der Waals surface area contributed by atoms with E-state index in [0.717, 1.165) is 12.8 Å². The highest BCUT2D eigenvalue weighted by Gasteiger charge is 2.21. The Kier molecular flexibility index (Phi) is 7.87. The second-order valence-corrected chi connectivity index (χ2v) is 7.48. The van der Waals surface area contributed by atoms with Crippen LogP contribution < -0.4 is 10.6 Å². The van der Waals surface area contributed by atoms with Crippen LogP contribution in [0.1, 0.15) is 65.7 Å². The highest BCUT2D eigenvalue weighted by Crippen LogP contribution is 2.26. The quantitative estimate of drug-likeness (QED) is 0.641. The molecule has 0 spiro atoms.